The Morgan fingerprint density at radius 3 is 2.30 bits per heavy atom. The van der Waals surface area contributed by atoms with E-state index in [-0.39, 0.29) is 0 Å². The second-order valence-electron chi connectivity index (χ2n) is 4.27. The second-order valence-corrected chi connectivity index (χ2v) is 6.36. The summed E-state index contributed by atoms with van der Waals surface area (Å²) >= 11 is 0. The van der Waals surface area contributed by atoms with Crippen LogP contribution in [0.4, 0.5) is 0 Å². The smallest absolute Gasteiger partial charge is 0.330 e. The molecule has 0 aliphatic carbocycles. The van der Waals surface area contributed by atoms with Crippen molar-refractivity contribution in [2.24, 2.45) is 0 Å². The number of hydrogen-bond acceptors (Lipinski definition) is 4. The van der Waals surface area contributed by atoms with E-state index in [9.17, 15) is 18.0 Å². The first-order valence-corrected chi connectivity index (χ1v) is 7.55. The lowest BCUT2D eigenvalue weighted by Gasteiger charge is -2.18. The van der Waals surface area contributed by atoms with Crippen molar-refractivity contribution in [1.82, 2.24) is 9.62 Å². The van der Waals surface area contributed by atoms with Crippen LogP contribution < -0.4 is 5.32 Å². The molecule has 0 radical (unpaired) electrons. The molecule has 1 aromatic rings. The van der Waals surface area contributed by atoms with Crippen LogP contribution in [-0.2, 0) is 19.6 Å². The van der Waals surface area contributed by atoms with E-state index < -0.39 is 34.5 Å². The molecule has 0 aromatic heterocycles. The number of carboxylic acid groups (broad SMARTS) is 1. The molecule has 0 saturated heterocycles. The van der Waals surface area contributed by atoms with E-state index in [2.05, 4.69) is 5.32 Å². The Kier molecular flexibility index (Phi) is 5.23. The third-order valence-corrected chi connectivity index (χ3v) is 3.88. The first-order chi connectivity index (χ1) is 9.21. The Morgan fingerprint density at radius 2 is 1.85 bits per heavy atom. The Balaban J connectivity index is 2.78. The highest BCUT2D eigenvalue weighted by Crippen LogP contribution is 2.12. The van der Waals surface area contributed by atoms with Gasteiger partial charge in [-0.3, -0.25) is 4.79 Å². The third kappa shape index (κ3) is 4.63. The van der Waals surface area contributed by atoms with Crippen LogP contribution in [0, 0.1) is 0 Å². The standard InChI is InChI=1S/C12H16N2O5S/c1-14(20(2,18)19)8-10(15)13-11(12(16)17)9-6-4-3-5-7-9/h3-7,11H,8H2,1-2H3,(H,13,15)(H,16,17)/t11-/m0/s1. The highest BCUT2D eigenvalue weighted by Gasteiger charge is 2.23. The monoisotopic (exact) mass is 300 g/mol. The molecule has 0 bridgehead atoms. The lowest BCUT2D eigenvalue weighted by molar-refractivity contribution is -0.142. The van der Waals surface area contributed by atoms with Crippen molar-refractivity contribution in [1.29, 1.82) is 0 Å². The number of hydrogen-bond donors (Lipinski definition) is 2. The van der Waals surface area contributed by atoms with Gasteiger partial charge in [-0.15, -0.1) is 0 Å². The number of nitrogens with zero attached hydrogens (tertiary/aromatic N) is 1. The molecule has 0 spiro atoms. The average Bonchev–Trinajstić information content (AvgIpc) is 2.35. The molecule has 1 aromatic carbocycles. The number of amides is 1. The van der Waals surface area contributed by atoms with Gasteiger partial charge in [0.2, 0.25) is 15.9 Å². The lowest BCUT2D eigenvalue weighted by atomic mass is 10.1. The number of nitrogens with one attached hydrogen (secondary N) is 1. The van der Waals surface area contributed by atoms with E-state index in [4.69, 9.17) is 5.11 Å². The van der Waals surface area contributed by atoms with Gasteiger partial charge >= 0.3 is 5.97 Å². The largest absolute Gasteiger partial charge is 0.479 e. The molecule has 110 valence electrons. The molecule has 0 unspecified atom stereocenters. The minimum Gasteiger partial charge on any atom is -0.479 e. The molecule has 0 aliphatic heterocycles. The summed E-state index contributed by atoms with van der Waals surface area (Å²) < 4.78 is 23.2. The Morgan fingerprint density at radius 1 is 1.30 bits per heavy atom. The van der Waals surface area contributed by atoms with Crippen molar-refractivity contribution in [3.8, 4) is 0 Å². The molecule has 8 heteroatoms. The number of aliphatic carboxylic acids is 1. The van der Waals surface area contributed by atoms with Gasteiger partial charge in [-0.1, -0.05) is 30.3 Å². The normalized spacial score (nSPS) is 12.9. The molecule has 0 fully saturated rings. The zero-order chi connectivity index (χ0) is 15.3. The number of benzene rings is 1. The van der Waals surface area contributed by atoms with Crippen molar-refractivity contribution in [2.75, 3.05) is 19.8 Å². The van der Waals surface area contributed by atoms with Crippen LogP contribution in [0.5, 0.6) is 0 Å². The Bertz CT molecular complexity index is 585. The molecule has 1 atom stereocenters. The molecular weight excluding hydrogens is 284 g/mol. The van der Waals surface area contributed by atoms with Crippen LogP contribution in [0.2, 0.25) is 0 Å². The molecule has 1 amide bonds. The van der Waals surface area contributed by atoms with Crippen LogP contribution in [0.15, 0.2) is 30.3 Å². The molecule has 7 nitrogen and oxygen atoms in total. The van der Waals surface area contributed by atoms with Crippen LogP contribution in [0.25, 0.3) is 0 Å². The summed E-state index contributed by atoms with van der Waals surface area (Å²) in [6.45, 7) is -0.435. The molecule has 1 rings (SSSR count). The third-order valence-electron chi connectivity index (χ3n) is 2.62. The number of likely N-dealkylation sites (N-methyl/N-ethyl adjacent to an activating group) is 1. The van der Waals surface area contributed by atoms with Gasteiger partial charge in [0.25, 0.3) is 0 Å². The number of carbonyl (C=O) groups is 2. The van der Waals surface area contributed by atoms with Crippen molar-refractivity contribution in [2.45, 2.75) is 6.04 Å². The van der Waals surface area contributed by atoms with E-state index >= 15 is 0 Å². The molecule has 20 heavy (non-hydrogen) atoms. The number of carboxylic acids is 1. The molecule has 0 aliphatic rings. The topological polar surface area (TPSA) is 104 Å². The number of sulfonamides is 1. The van der Waals surface area contributed by atoms with Crippen molar-refractivity contribution < 1.29 is 23.1 Å². The first-order valence-electron chi connectivity index (χ1n) is 5.70. The molecular formula is C12H16N2O5S. The minimum absolute atomic E-state index is 0.412. The van der Waals surface area contributed by atoms with Crippen molar-refractivity contribution >= 4 is 21.9 Å². The fourth-order valence-corrected chi connectivity index (χ4v) is 1.81. The Hall–Kier alpha value is -1.93. The summed E-state index contributed by atoms with van der Waals surface area (Å²) in [5.74, 6) is -1.90. The predicted molar refractivity (Wildman–Crippen MR) is 72.4 cm³/mol. The predicted octanol–water partition coefficient (Wildman–Crippen LogP) is -0.180. The summed E-state index contributed by atoms with van der Waals surface area (Å²) in [4.78, 5) is 22.9. The zero-order valence-corrected chi connectivity index (χ0v) is 11.9. The minimum atomic E-state index is -3.49. The van der Waals surface area contributed by atoms with Gasteiger partial charge in [0, 0.05) is 7.05 Å². The highest BCUT2D eigenvalue weighted by atomic mass is 32.2. The van der Waals surface area contributed by atoms with Gasteiger partial charge in [-0.25, -0.2) is 13.2 Å². The molecule has 2 N–H and O–H groups in total. The van der Waals surface area contributed by atoms with Gasteiger partial charge < -0.3 is 10.4 Å². The quantitative estimate of drug-likeness (QED) is 0.758. The van der Waals surface area contributed by atoms with Crippen LogP contribution in [-0.4, -0.2) is 49.6 Å². The second kappa shape index (κ2) is 6.49. The van der Waals surface area contributed by atoms with Gasteiger partial charge in [0.05, 0.1) is 12.8 Å². The maximum absolute atomic E-state index is 11.7. The Labute approximate surface area is 117 Å². The van der Waals surface area contributed by atoms with E-state index in [1.807, 2.05) is 0 Å². The van der Waals surface area contributed by atoms with Crippen molar-refractivity contribution in [3.05, 3.63) is 35.9 Å². The van der Waals surface area contributed by atoms with E-state index in [0.717, 1.165) is 10.6 Å². The summed E-state index contributed by atoms with van der Waals surface area (Å²) in [7, 11) is -2.25. The lowest BCUT2D eigenvalue weighted by Crippen LogP contribution is -2.41. The van der Waals surface area contributed by atoms with E-state index in [1.54, 1.807) is 30.3 Å². The van der Waals surface area contributed by atoms with Crippen LogP contribution >= 0.6 is 0 Å². The van der Waals surface area contributed by atoms with E-state index in [1.165, 1.54) is 7.05 Å². The van der Waals surface area contributed by atoms with Gasteiger partial charge in [0.1, 0.15) is 0 Å². The zero-order valence-electron chi connectivity index (χ0n) is 11.1. The van der Waals surface area contributed by atoms with Crippen LogP contribution in [0.3, 0.4) is 0 Å². The fourth-order valence-electron chi connectivity index (χ4n) is 1.46. The molecule has 0 heterocycles. The highest BCUT2D eigenvalue weighted by molar-refractivity contribution is 7.88. The maximum atomic E-state index is 11.7. The first kappa shape index (κ1) is 16.1. The summed E-state index contributed by atoms with van der Waals surface area (Å²) in [5.41, 5.74) is 0.412. The summed E-state index contributed by atoms with van der Waals surface area (Å²) in [5, 5.41) is 11.4. The summed E-state index contributed by atoms with van der Waals surface area (Å²) in [6.07, 6.45) is 0.964. The number of carbonyl (C=O) groups excluding carboxylic acids is 1. The van der Waals surface area contributed by atoms with Crippen LogP contribution in [0.1, 0.15) is 11.6 Å². The maximum Gasteiger partial charge on any atom is 0.330 e. The van der Waals surface area contributed by atoms with Gasteiger partial charge in [-0.05, 0) is 5.56 Å². The van der Waals surface area contributed by atoms with Gasteiger partial charge in [-0.2, -0.15) is 4.31 Å². The number of rotatable bonds is 6. The molecule has 0 saturated carbocycles. The van der Waals surface area contributed by atoms with Crippen molar-refractivity contribution in [3.63, 3.8) is 0 Å². The average molecular weight is 300 g/mol. The fraction of sp³-hybridized carbons (Fsp3) is 0.333. The van der Waals surface area contributed by atoms with Gasteiger partial charge in [0.15, 0.2) is 6.04 Å². The SMILES string of the molecule is CN(CC(=O)N[C@H](C(=O)O)c1ccccc1)S(C)(=O)=O. The van der Waals surface area contributed by atoms with E-state index in [0.29, 0.717) is 5.56 Å². The summed E-state index contributed by atoms with van der Waals surface area (Å²) in [6, 6.07) is 6.96.